The second-order valence-electron chi connectivity index (χ2n) is 6.47. The number of nitrogens with one attached hydrogen (secondary N) is 4. The Morgan fingerprint density at radius 2 is 2.00 bits per heavy atom. The molecule has 0 fully saturated rings. The summed E-state index contributed by atoms with van der Waals surface area (Å²) in [5.41, 5.74) is 4.20. The molecule has 4 N–H and O–H groups in total. The number of guanidine groups is 1. The van der Waals surface area contributed by atoms with Crippen LogP contribution in [0.25, 0.3) is 10.9 Å². The Bertz CT molecular complexity index is 995. The summed E-state index contributed by atoms with van der Waals surface area (Å²) in [5.74, 6) is 0.474. The number of carbonyl (C=O) groups is 1. The third-order valence-electron chi connectivity index (χ3n) is 4.48. The van der Waals surface area contributed by atoms with Crippen LogP contribution in [-0.4, -0.2) is 37.0 Å². The maximum Gasteiger partial charge on any atom is 0.243 e. The standard InChI is InChI=1S/C21H24BrN5O/c1-14-7-8-16(22)11-19(14)27-20(28)13-26-21(23-2)24-10-9-15-12-25-18-6-4-3-5-17(15)18/h3-8,11-12,25H,9-10,13H2,1-2H3,(H,27,28)(H2,23,24,26). The fraction of sp³-hybridized carbons (Fsp3) is 0.238. The Morgan fingerprint density at radius 3 is 2.82 bits per heavy atom. The van der Waals surface area contributed by atoms with Crippen LogP contribution >= 0.6 is 15.9 Å². The fourth-order valence-corrected chi connectivity index (χ4v) is 3.32. The minimum Gasteiger partial charge on any atom is -0.361 e. The molecule has 28 heavy (non-hydrogen) atoms. The third kappa shape index (κ3) is 5.13. The summed E-state index contributed by atoms with van der Waals surface area (Å²) in [5, 5.41) is 10.4. The summed E-state index contributed by atoms with van der Waals surface area (Å²) in [7, 11) is 1.69. The molecule has 6 nitrogen and oxygen atoms in total. The number of hydrogen-bond donors (Lipinski definition) is 4. The third-order valence-corrected chi connectivity index (χ3v) is 4.97. The summed E-state index contributed by atoms with van der Waals surface area (Å²) in [6, 6.07) is 14.0. The van der Waals surface area contributed by atoms with Gasteiger partial charge in [0.15, 0.2) is 5.96 Å². The molecule has 0 aliphatic rings. The van der Waals surface area contributed by atoms with Gasteiger partial charge < -0.3 is 20.9 Å². The second-order valence-corrected chi connectivity index (χ2v) is 7.39. The van der Waals surface area contributed by atoms with Gasteiger partial charge in [0, 0.05) is 40.9 Å². The molecule has 1 amide bonds. The Morgan fingerprint density at radius 1 is 1.18 bits per heavy atom. The maximum atomic E-state index is 12.2. The lowest BCUT2D eigenvalue weighted by Crippen LogP contribution is -2.42. The highest BCUT2D eigenvalue weighted by molar-refractivity contribution is 9.10. The first-order valence-corrected chi connectivity index (χ1v) is 9.91. The van der Waals surface area contributed by atoms with Crippen LogP contribution in [0, 0.1) is 6.92 Å². The topological polar surface area (TPSA) is 81.3 Å². The lowest BCUT2D eigenvalue weighted by atomic mass is 10.1. The summed E-state index contributed by atoms with van der Waals surface area (Å²) in [6.07, 6.45) is 2.89. The number of nitrogens with zero attached hydrogens (tertiary/aromatic N) is 1. The van der Waals surface area contributed by atoms with Crippen molar-refractivity contribution in [3.8, 4) is 0 Å². The molecule has 7 heteroatoms. The molecule has 3 rings (SSSR count). The van der Waals surface area contributed by atoms with E-state index in [9.17, 15) is 4.79 Å². The Labute approximate surface area is 173 Å². The van der Waals surface area contributed by atoms with Gasteiger partial charge in [-0.1, -0.05) is 40.2 Å². The van der Waals surface area contributed by atoms with Crippen molar-refractivity contribution in [3.05, 3.63) is 64.3 Å². The van der Waals surface area contributed by atoms with E-state index in [1.54, 1.807) is 7.05 Å². The lowest BCUT2D eigenvalue weighted by Gasteiger charge is -2.13. The highest BCUT2D eigenvalue weighted by Crippen LogP contribution is 2.20. The molecule has 2 aromatic carbocycles. The van der Waals surface area contributed by atoms with Gasteiger partial charge >= 0.3 is 0 Å². The monoisotopic (exact) mass is 441 g/mol. The molecule has 0 saturated carbocycles. The number of H-pyrrole nitrogens is 1. The molecule has 0 saturated heterocycles. The molecule has 146 valence electrons. The van der Waals surface area contributed by atoms with E-state index in [2.05, 4.69) is 54.0 Å². The van der Waals surface area contributed by atoms with Gasteiger partial charge in [-0.25, -0.2) is 0 Å². The quantitative estimate of drug-likeness (QED) is 0.348. The Hall–Kier alpha value is -2.80. The largest absolute Gasteiger partial charge is 0.361 e. The highest BCUT2D eigenvalue weighted by Gasteiger charge is 2.07. The lowest BCUT2D eigenvalue weighted by molar-refractivity contribution is -0.115. The molecule has 1 aromatic heterocycles. The summed E-state index contributed by atoms with van der Waals surface area (Å²) >= 11 is 3.42. The zero-order chi connectivity index (χ0) is 19.9. The minimum absolute atomic E-state index is 0.124. The van der Waals surface area contributed by atoms with Crippen molar-refractivity contribution >= 4 is 44.4 Å². The van der Waals surface area contributed by atoms with Crippen molar-refractivity contribution < 1.29 is 4.79 Å². The van der Waals surface area contributed by atoms with E-state index < -0.39 is 0 Å². The van der Waals surface area contributed by atoms with Crippen molar-refractivity contribution in [1.82, 2.24) is 15.6 Å². The smallest absolute Gasteiger partial charge is 0.243 e. The molecule has 0 unspecified atom stereocenters. The van der Waals surface area contributed by atoms with E-state index in [0.717, 1.165) is 27.7 Å². The van der Waals surface area contributed by atoms with Crippen molar-refractivity contribution in [3.63, 3.8) is 0 Å². The van der Waals surface area contributed by atoms with E-state index in [4.69, 9.17) is 0 Å². The zero-order valence-corrected chi connectivity index (χ0v) is 17.6. The minimum atomic E-state index is -0.124. The maximum absolute atomic E-state index is 12.2. The van der Waals surface area contributed by atoms with E-state index in [1.807, 2.05) is 43.5 Å². The molecule has 0 aliphatic carbocycles. The Kier molecular flexibility index (Phi) is 6.71. The van der Waals surface area contributed by atoms with Crippen molar-refractivity contribution in [1.29, 1.82) is 0 Å². The van der Waals surface area contributed by atoms with E-state index in [1.165, 1.54) is 10.9 Å². The SMILES string of the molecule is CN=C(NCCc1c[nH]c2ccccc12)NCC(=O)Nc1cc(Br)ccc1C. The van der Waals surface area contributed by atoms with Gasteiger partial charge in [-0.15, -0.1) is 0 Å². The number of anilines is 1. The van der Waals surface area contributed by atoms with E-state index >= 15 is 0 Å². The van der Waals surface area contributed by atoms with Gasteiger partial charge in [0.05, 0.1) is 6.54 Å². The summed E-state index contributed by atoms with van der Waals surface area (Å²) < 4.78 is 0.927. The zero-order valence-electron chi connectivity index (χ0n) is 16.0. The predicted molar refractivity (Wildman–Crippen MR) is 119 cm³/mol. The number of fused-ring (bicyclic) bond motifs is 1. The number of halogens is 1. The van der Waals surface area contributed by atoms with Crippen molar-refractivity contribution in [2.24, 2.45) is 4.99 Å². The number of aromatic nitrogens is 1. The van der Waals surface area contributed by atoms with Crippen LogP contribution in [0.1, 0.15) is 11.1 Å². The van der Waals surface area contributed by atoms with Crippen molar-refractivity contribution in [2.75, 3.05) is 25.5 Å². The predicted octanol–water partition coefficient (Wildman–Crippen LogP) is 3.59. The number of aliphatic imine (C=N–C) groups is 1. The van der Waals surface area contributed by atoms with E-state index in [0.29, 0.717) is 12.5 Å². The molecule has 3 aromatic rings. The highest BCUT2D eigenvalue weighted by atomic mass is 79.9. The number of aryl methyl sites for hydroxylation is 1. The van der Waals surface area contributed by atoms with Gasteiger partial charge in [-0.3, -0.25) is 9.79 Å². The molecule has 0 bridgehead atoms. The first-order chi connectivity index (χ1) is 13.6. The summed E-state index contributed by atoms with van der Waals surface area (Å²) in [4.78, 5) is 19.7. The first-order valence-electron chi connectivity index (χ1n) is 9.12. The first kappa shape index (κ1) is 19.9. The van der Waals surface area contributed by atoms with Crippen LogP contribution in [0.3, 0.4) is 0 Å². The molecule has 0 aliphatic heterocycles. The molecular formula is C21H24BrN5O. The molecule has 0 atom stereocenters. The van der Waals surface area contributed by atoms with Gasteiger partial charge in [0.25, 0.3) is 0 Å². The normalized spacial score (nSPS) is 11.5. The molecule has 0 radical (unpaired) electrons. The van der Waals surface area contributed by atoms with Gasteiger partial charge in [-0.05, 0) is 42.7 Å². The number of amides is 1. The molecule has 1 heterocycles. The number of para-hydroxylation sites is 1. The van der Waals surface area contributed by atoms with Gasteiger partial charge in [0.2, 0.25) is 5.91 Å². The van der Waals surface area contributed by atoms with Crippen LogP contribution in [0.2, 0.25) is 0 Å². The van der Waals surface area contributed by atoms with Crippen LogP contribution in [-0.2, 0) is 11.2 Å². The Balaban J connectivity index is 1.46. The number of carbonyl (C=O) groups excluding carboxylic acids is 1. The number of rotatable bonds is 6. The van der Waals surface area contributed by atoms with Gasteiger partial charge in [0.1, 0.15) is 0 Å². The molecule has 0 spiro atoms. The number of benzene rings is 2. The van der Waals surface area contributed by atoms with E-state index in [-0.39, 0.29) is 12.5 Å². The average molecular weight is 442 g/mol. The van der Waals surface area contributed by atoms with Crippen LogP contribution in [0.5, 0.6) is 0 Å². The average Bonchev–Trinajstić information content (AvgIpc) is 3.10. The van der Waals surface area contributed by atoms with Gasteiger partial charge in [-0.2, -0.15) is 0 Å². The summed E-state index contributed by atoms with van der Waals surface area (Å²) in [6.45, 7) is 2.81. The number of hydrogen-bond acceptors (Lipinski definition) is 2. The van der Waals surface area contributed by atoms with Crippen LogP contribution in [0.15, 0.2) is 58.1 Å². The molecular weight excluding hydrogens is 418 g/mol. The second kappa shape index (κ2) is 9.41. The number of aromatic amines is 1. The fourth-order valence-electron chi connectivity index (χ4n) is 2.96. The van der Waals surface area contributed by atoms with Crippen LogP contribution < -0.4 is 16.0 Å². The van der Waals surface area contributed by atoms with Crippen LogP contribution in [0.4, 0.5) is 5.69 Å². The van der Waals surface area contributed by atoms with Crippen molar-refractivity contribution in [2.45, 2.75) is 13.3 Å².